The molecule has 16 atom stereocenters. The van der Waals surface area contributed by atoms with E-state index in [1.165, 1.54) is 14.0 Å². The van der Waals surface area contributed by atoms with Gasteiger partial charge in [-0.25, -0.2) is 0 Å². The molecule has 0 aromatic rings. The summed E-state index contributed by atoms with van der Waals surface area (Å²) in [6.45, 7) is 13.5. The average molecular weight is 828 g/mol. The fourth-order valence-electron chi connectivity index (χ4n) is 8.08. The standard InChI is InChI=1S/C42H69NO15/c1-23(2)19-32(47)56-40-27(6)53-34(22-42(40,8)50)57-37-26(5)54-41(36(49)35(37)43(9)10)58-38-29(17-18-44)20-24(3)30(46)16-14-12-13-15-25(4)52-33(48)21-31(39(38)51-11)55-28(7)45/h12-14,16,18,23-27,29-31,34-41,46,49-50H,15,17,19-22H2,1-11H3/t24-,25-,26-,27+,29+,30+,31-,34+,35-,36-,37-,38+,39?,40-,41+,42-/m1/s1. The lowest BCUT2D eigenvalue weighted by atomic mass is 9.82. The lowest BCUT2D eigenvalue weighted by molar-refractivity contribution is -0.344. The number of methoxy groups -OCH3 is 1. The van der Waals surface area contributed by atoms with Crippen LogP contribution >= 0.6 is 0 Å². The van der Waals surface area contributed by atoms with Crippen molar-refractivity contribution in [2.75, 3.05) is 21.2 Å². The first-order chi connectivity index (χ1) is 27.2. The van der Waals surface area contributed by atoms with E-state index in [4.69, 9.17) is 37.9 Å². The van der Waals surface area contributed by atoms with Crippen LogP contribution in [0, 0.1) is 17.8 Å². The van der Waals surface area contributed by atoms with E-state index in [9.17, 15) is 34.5 Å². The van der Waals surface area contributed by atoms with Crippen LogP contribution in [0.1, 0.15) is 93.9 Å². The molecule has 1 unspecified atom stereocenters. The van der Waals surface area contributed by atoms with Crippen molar-refractivity contribution in [1.82, 2.24) is 4.90 Å². The summed E-state index contributed by atoms with van der Waals surface area (Å²) in [5, 5.41) is 34.6. The molecule has 0 saturated carbocycles. The van der Waals surface area contributed by atoms with Gasteiger partial charge < -0.3 is 62.9 Å². The van der Waals surface area contributed by atoms with Crippen LogP contribution in [-0.4, -0.2) is 151 Å². The van der Waals surface area contributed by atoms with E-state index in [0.717, 1.165) is 0 Å². The number of aliphatic hydroxyl groups is 3. The second-order valence-electron chi connectivity index (χ2n) is 17.0. The average Bonchev–Trinajstić information content (AvgIpc) is 3.09. The summed E-state index contributed by atoms with van der Waals surface area (Å²) in [6.07, 6.45) is -4.11. The summed E-state index contributed by atoms with van der Waals surface area (Å²) in [6, 6.07) is -0.782. The molecule has 16 nitrogen and oxygen atoms in total. The van der Waals surface area contributed by atoms with Crippen LogP contribution in [0.5, 0.6) is 0 Å². The van der Waals surface area contributed by atoms with Gasteiger partial charge in [0.05, 0.1) is 36.9 Å². The molecule has 16 heteroatoms. The SMILES string of the molecule is COC1[C@@H](O[C@@H]2O[C@H](C)[C@@H](O[C@H]3C[C@@](C)(O)[C@H](OC(=O)CC(C)C)[C@H](C)O3)[C@H](N(C)C)[C@H]2O)[C@@H](CC=O)C[C@@H](C)[C@@H](O)C=CC=CC[C@@H](C)OC(=O)C[C@H]1OC(C)=O. The Bertz CT molecular complexity index is 1390. The summed E-state index contributed by atoms with van der Waals surface area (Å²) in [4.78, 5) is 52.3. The van der Waals surface area contributed by atoms with Crippen molar-refractivity contribution in [3.05, 3.63) is 24.3 Å². The van der Waals surface area contributed by atoms with Crippen molar-refractivity contribution in [2.24, 2.45) is 17.8 Å². The third-order valence-corrected chi connectivity index (χ3v) is 10.9. The third-order valence-electron chi connectivity index (χ3n) is 10.9. The van der Waals surface area contributed by atoms with Crippen LogP contribution in [0.2, 0.25) is 0 Å². The fourth-order valence-corrected chi connectivity index (χ4v) is 8.08. The first kappa shape index (κ1) is 49.6. The quantitative estimate of drug-likeness (QED) is 0.147. The Balaban J connectivity index is 1.98. The molecule has 58 heavy (non-hydrogen) atoms. The van der Waals surface area contributed by atoms with Crippen LogP contribution in [0.4, 0.5) is 0 Å². The van der Waals surface area contributed by atoms with E-state index in [0.29, 0.717) is 12.7 Å². The fraction of sp³-hybridized carbons (Fsp3) is 0.810. The van der Waals surface area contributed by atoms with Crippen LogP contribution in [0.3, 0.4) is 0 Å². The molecule has 3 rings (SSSR count). The highest BCUT2D eigenvalue weighted by atomic mass is 16.7. The van der Waals surface area contributed by atoms with Crippen LogP contribution in [-0.2, 0) is 57.1 Å². The van der Waals surface area contributed by atoms with Gasteiger partial charge in [0.2, 0.25) is 0 Å². The Morgan fingerprint density at radius 2 is 1.71 bits per heavy atom. The van der Waals surface area contributed by atoms with Gasteiger partial charge in [-0.05, 0) is 66.0 Å². The Morgan fingerprint density at radius 3 is 2.29 bits per heavy atom. The maximum absolute atomic E-state index is 13.2. The molecule has 0 aliphatic carbocycles. The number of likely N-dealkylation sites (N-methyl/N-ethyl adjacent to an activating group) is 1. The molecule has 332 valence electrons. The van der Waals surface area contributed by atoms with Crippen LogP contribution < -0.4 is 0 Å². The molecule has 2 fully saturated rings. The number of cyclic esters (lactones) is 1. The number of nitrogens with zero attached hydrogens (tertiary/aromatic N) is 1. The number of allylic oxidation sites excluding steroid dienone is 2. The van der Waals surface area contributed by atoms with Gasteiger partial charge in [0.25, 0.3) is 0 Å². The van der Waals surface area contributed by atoms with Crippen molar-refractivity contribution in [1.29, 1.82) is 0 Å². The summed E-state index contributed by atoms with van der Waals surface area (Å²) < 4.78 is 48.6. The zero-order chi connectivity index (χ0) is 43.5. The minimum absolute atomic E-state index is 0.0460. The van der Waals surface area contributed by atoms with Crippen LogP contribution in [0.25, 0.3) is 0 Å². The van der Waals surface area contributed by atoms with E-state index >= 15 is 0 Å². The summed E-state index contributed by atoms with van der Waals surface area (Å²) in [7, 11) is 4.86. The predicted octanol–water partition coefficient (Wildman–Crippen LogP) is 3.01. The third kappa shape index (κ3) is 14.2. The normalized spacial score (nSPS) is 39.6. The highest BCUT2D eigenvalue weighted by Gasteiger charge is 2.53. The van der Waals surface area contributed by atoms with E-state index in [-0.39, 0.29) is 31.6 Å². The molecule has 3 N–H and O–H groups in total. The Hall–Kier alpha value is -2.80. The number of ether oxygens (including phenoxy) is 8. The van der Waals surface area contributed by atoms with Crippen molar-refractivity contribution < 1.29 is 72.4 Å². The largest absolute Gasteiger partial charge is 0.462 e. The van der Waals surface area contributed by atoms with Gasteiger partial charge in [0.1, 0.15) is 42.4 Å². The Kier molecular flexibility index (Phi) is 19.4. The van der Waals surface area contributed by atoms with Gasteiger partial charge >= 0.3 is 17.9 Å². The number of carbonyl (C=O) groups is 4. The van der Waals surface area contributed by atoms with E-state index in [2.05, 4.69) is 0 Å². The molecular formula is C42H69NO15. The van der Waals surface area contributed by atoms with Gasteiger partial charge in [0, 0.05) is 39.7 Å². The minimum Gasteiger partial charge on any atom is -0.462 e. The molecule has 3 aliphatic heterocycles. The minimum atomic E-state index is -1.50. The first-order valence-electron chi connectivity index (χ1n) is 20.4. The van der Waals surface area contributed by atoms with Crippen molar-refractivity contribution in [2.45, 2.75) is 179 Å². The second kappa shape index (κ2) is 22.7. The molecule has 0 aromatic heterocycles. The lowest BCUT2D eigenvalue weighted by Crippen LogP contribution is -2.66. The number of rotatable bonds is 12. The molecule has 3 heterocycles. The van der Waals surface area contributed by atoms with Crippen LogP contribution in [0.15, 0.2) is 24.3 Å². The van der Waals surface area contributed by atoms with Gasteiger partial charge in [-0.2, -0.15) is 0 Å². The molecule has 0 amide bonds. The molecule has 0 bridgehead atoms. The monoisotopic (exact) mass is 827 g/mol. The molecule has 3 aliphatic rings. The molecule has 0 radical (unpaired) electrons. The molecule has 0 spiro atoms. The summed E-state index contributed by atoms with van der Waals surface area (Å²) in [5.74, 6) is -2.82. The van der Waals surface area contributed by atoms with Crippen molar-refractivity contribution in [3.63, 3.8) is 0 Å². The van der Waals surface area contributed by atoms with E-state index in [1.807, 2.05) is 20.8 Å². The maximum Gasteiger partial charge on any atom is 0.309 e. The second-order valence-corrected chi connectivity index (χ2v) is 17.0. The van der Waals surface area contributed by atoms with Crippen molar-refractivity contribution >= 4 is 24.2 Å². The van der Waals surface area contributed by atoms with Gasteiger partial charge in [-0.15, -0.1) is 0 Å². The smallest absolute Gasteiger partial charge is 0.309 e. The maximum atomic E-state index is 13.2. The lowest BCUT2D eigenvalue weighted by Gasteiger charge is -2.50. The summed E-state index contributed by atoms with van der Waals surface area (Å²) in [5.41, 5.74) is -1.50. The number of aliphatic hydroxyl groups excluding tert-OH is 2. The summed E-state index contributed by atoms with van der Waals surface area (Å²) >= 11 is 0. The predicted molar refractivity (Wildman–Crippen MR) is 210 cm³/mol. The number of hydrogen-bond donors (Lipinski definition) is 3. The highest BCUT2D eigenvalue weighted by molar-refractivity contribution is 5.72. The van der Waals surface area contributed by atoms with Gasteiger partial charge in [-0.1, -0.05) is 45.1 Å². The zero-order valence-electron chi connectivity index (χ0n) is 36.1. The Labute approximate surface area is 343 Å². The van der Waals surface area contributed by atoms with E-state index < -0.39 is 121 Å². The molecular weight excluding hydrogens is 758 g/mol. The van der Waals surface area contributed by atoms with Gasteiger partial charge in [-0.3, -0.25) is 14.4 Å². The number of carbonyl (C=O) groups excluding carboxylic acids is 4. The first-order valence-corrected chi connectivity index (χ1v) is 20.4. The number of aldehydes is 1. The number of hydrogen-bond acceptors (Lipinski definition) is 16. The zero-order valence-corrected chi connectivity index (χ0v) is 36.1. The highest BCUT2D eigenvalue weighted by Crippen LogP contribution is 2.38. The topological polar surface area (TPSA) is 206 Å². The number of esters is 3. The molecule has 0 aromatic carbocycles. The van der Waals surface area contributed by atoms with Crippen molar-refractivity contribution in [3.8, 4) is 0 Å². The Morgan fingerprint density at radius 1 is 1.02 bits per heavy atom. The van der Waals surface area contributed by atoms with Gasteiger partial charge in [0.15, 0.2) is 18.7 Å². The van der Waals surface area contributed by atoms with E-state index in [1.54, 1.807) is 71.0 Å². The molecule has 2 saturated heterocycles.